The predicted molar refractivity (Wildman–Crippen MR) is 86.5 cm³/mol. The maximum absolute atomic E-state index is 14.2. The van der Waals surface area contributed by atoms with E-state index in [0.717, 1.165) is 0 Å². The summed E-state index contributed by atoms with van der Waals surface area (Å²) in [6.07, 6.45) is 1.47. The number of rotatable bonds is 4. The van der Waals surface area contributed by atoms with Crippen molar-refractivity contribution in [2.24, 2.45) is 0 Å². The molecular weight excluding hydrogens is 313 g/mol. The van der Waals surface area contributed by atoms with Crippen LogP contribution in [-0.4, -0.2) is 30.0 Å². The lowest BCUT2D eigenvalue weighted by Gasteiger charge is -2.15. The summed E-state index contributed by atoms with van der Waals surface area (Å²) in [7, 11) is 0. The smallest absolute Gasteiger partial charge is 0.264 e. The van der Waals surface area contributed by atoms with E-state index >= 15 is 0 Å². The molecule has 2 aromatic heterocycles. The van der Waals surface area contributed by atoms with E-state index in [0.29, 0.717) is 18.1 Å². The molecule has 1 aromatic carbocycles. The Bertz CT molecular complexity index is 903. The molecule has 0 unspecified atom stereocenters. The van der Waals surface area contributed by atoms with Crippen LogP contribution in [0.1, 0.15) is 26.6 Å². The van der Waals surface area contributed by atoms with Gasteiger partial charge in [0.15, 0.2) is 11.6 Å². The second-order valence-corrected chi connectivity index (χ2v) is 6.35. The van der Waals surface area contributed by atoms with E-state index in [1.165, 1.54) is 27.8 Å². The van der Waals surface area contributed by atoms with Gasteiger partial charge in [0.1, 0.15) is 0 Å². The van der Waals surface area contributed by atoms with Crippen LogP contribution in [0.5, 0.6) is 0 Å². The second kappa shape index (κ2) is 5.91. The fourth-order valence-electron chi connectivity index (χ4n) is 2.07. The van der Waals surface area contributed by atoms with Gasteiger partial charge in [0.2, 0.25) is 0 Å². The standard InChI is InChI=1S/C15H18FN7O/c1-15(2,3)23-19-13(18-21-23)9-17-10-4-5-12(11(16)8-10)22-7-6-14(24)20-22/h4-8,17H,9H2,1-3H3,(H,20,24). The normalized spacial score (nSPS) is 11.7. The van der Waals surface area contributed by atoms with Crippen LogP contribution >= 0.6 is 0 Å². The molecule has 0 saturated carbocycles. The fourth-order valence-corrected chi connectivity index (χ4v) is 2.07. The summed E-state index contributed by atoms with van der Waals surface area (Å²) < 4.78 is 15.5. The Morgan fingerprint density at radius 2 is 2.08 bits per heavy atom. The van der Waals surface area contributed by atoms with Crippen LogP contribution in [0.3, 0.4) is 0 Å². The van der Waals surface area contributed by atoms with E-state index in [1.807, 2.05) is 20.8 Å². The topological polar surface area (TPSA) is 93.4 Å². The van der Waals surface area contributed by atoms with Crippen molar-refractivity contribution in [2.75, 3.05) is 5.32 Å². The third-order valence-electron chi connectivity index (χ3n) is 3.32. The van der Waals surface area contributed by atoms with E-state index in [2.05, 4.69) is 25.8 Å². The van der Waals surface area contributed by atoms with Gasteiger partial charge in [0, 0.05) is 18.0 Å². The first-order valence-corrected chi connectivity index (χ1v) is 7.44. The molecule has 0 radical (unpaired) electrons. The highest BCUT2D eigenvalue weighted by Gasteiger charge is 2.16. The number of anilines is 1. The minimum absolute atomic E-state index is 0.243. The molecule has 9 heteroatoms. The van der Waals surface area contributed by atoms with Gasteiger partial charge in [-0.3, -0.25) is 14.6 Å². The van der Waals surface area contributed by atoms with E-state index in [9.17, 15) is 9.18 Å². The lowest BCUT2D eigenvalue weighted by atomic mass is 10.1. The van der Waals surface area contributed by atoms with Gasteiger partial charge >= 0.3 is 0 Å². The van der Waals surface area contributed by atoms with Crippen molar-refractivity contribution in [1.29, 1.82) is 0 Å². The summed E-state index contributed by atoms with van der Waals surface area (Å²) >= 11 is 0. The quantitative estimate of drug-likeness (QED) is 0.758. The molecule has 2 heterocycles. The SMILES string of the molecule is CC(C)(C)n1nnc(CNc2ccc(-n3ccc(=O)[nH]3)c(F)c2)n1. The lowest BCUT2D eigenvalue weighted by Crippen LogP contribution is -2.24. The van der Waals surface area contributed by atoms with Gasteiger partial charge in [-0.1, -0.05) is 0 Å². The maximum Gasteiger partial charge on any atom is 0.264 e. The summed E-state index contributed by atoms with van der Waals surface area (Å²) in [4.78, 5) is 12.7. The van der Waals surface area contributed by atoms with E-state index < -0.39 is 5.82 Å². The van der Waals surface area contributed by atoms with Gasteiger partial charge in [0.05, 0.1) is 17.8 Å². The molecule has 0 saturated heterocycles. The number of benzene rings is 1. The third kappa shape index (κ3) is 3.34. The molecule has 0 fully saturated rings. The molecule has 24 heavy (non-hydrogen) atoms. The van der Waals surface area contributed by atoms with Crippen LogP contribution in [0.4, 0.5) is 10.1 Å². The summed E-state index contributed by atoms with van der Waals surface area (Å²) in [5, 5.41) is 17.8. The van der Waals surface area contributed by atoms with Gasteiger partial charge < -0.3 is 5.32 Å². The molecule has 0 aliphatic rings. The zero-order valence-corrected chi connectivity index (χ0v) is 13.6. The van der Waals surface area contributed by atoms with Crippen molar-refractivity contribution in [1.82, 2.24) is 30.0 Å². The number of halogens is 1. The maximum atomic E-state index is 14.2. The molecule has 0 amide bonds. The zero-order valence-electron chi connectivity index (χ0n) is 13.6. The summed E-state index contributed by atoms with van der Waals surface area (Å²) in [5.41, 5.74) is 0.314. The fraction of sp³-hybridized carbons (Fsp3) is 0.333. The Hall–Kier alpha value is -2.97. The molecule has 0 atom stereocenters. The Balaban J connectivity index is 1.71. The van der Waals surface area contributed by atoms with Gasteiger partial charge in [-0.2, -0.15) is 4.80 Å². The Kier molecular flexibility index (Phi) is 3.92. The monoisotopic (exact) mass is 331 g/mol. The van der Waals surface area contributed by atoms with Crippen LogP contribution in [0.25, 0.3) is 5.69 Å². The summed E-state index contributed by atoms with van der Waals surface area (Å²) in [6, 6.07) is 5.97. The number of nitrogens with one attached hydrogen (secondary N) is 2. The van der Waals surface area contributed by atoms with Crippen molar-refractivity contribution >= 4 is 5.69 Å². The summed E-state index contributed by atoms with van der Waals surface area (Å²) in [6.45, 7) is 6.26. The van der Waals surface area contributed by atoms with E-state index in [-0.39, 0.29) is 16.8 Å². The van der Waals surface area contributed by atoms with Gasteiger partial charge in [0.25, 0.3) is 5.56 Å². The molecule has 0 spiro atoms. The Labute approximate surface area is 137 Å². The largest absolute Gasteiger partial charge is 0.378 e. The predicted octanol–water partition coefficient (Wildman–Crippen LogP) is 1.66. The highest BCUT2D eigenvalue weighted by Crippen LogP contribution is 2.17. The molecule has 3 rings (SSSR count). The average molecular weight is 331 g/mol. The first kappa shape index (κ1) is 15.9. The molecule has 0 aliphatic heterocycles. The molecule has 2 N–H and O–H groups in total. The van der Waals surface area contributed by atoms with Gasteiger partial charge in [-0.05, 0) is 44.2 Å². The number of hydrogen-bond acceptors (Lipinski definition) is 5. The van der Waals surface area contributed by atoms with Crippen molar-refractivity contribution in [3.63, 3.8) is 0 Å². The Morgan fingerprint density at radius 3 is 2.67 bits per heavy atom. The first-order valence-electron chi connectivity index (χ1n) is 7.44. The molecule has 0 bridgehead atoms. The van der Waals surface area contributed by atoms with E-state index in [1.54, 1.807) is 12.1 Å². The van der Waals surface area contributed by atoms with Crippen molar-refractivity contribution in [3.8, 4) is 5.69 Å². The van der Waals surface area contributed by atoms with Gasteiger partial charge in [-0.15, -0.1) is 10.2 Å². The second-order valence-electron chi connectivity index (χ2n) is 6.35. The van der Waals surface area contributed by atoms with Crippen molar-refractivity contribution < 1.29 is 4.39 Å². The molecule has 3 aromatic rings. The minimum Gasteiger partial charge on any atom is -0.378 e. The van der Waals surface area contributed by atoms with Crippen molar-refractivity contribution in [2.45, 2.75) is 32.9 Å². The Morgan fingerprint density at radius 1 is 1.29 bits per heavy atom. The highest BCUT2D eigenvalue weighted by atomic mass is 19.1. The molecule has 0 aliphatic carbocycles. The average Bonchev–Trinajstić information content (AvgIpc) is 3.14. The molecule has 8 nitrogen and oxygen atoms in total. The van der Waals surface area contributed by atoms with Crippen LogP contribution in [-0.2, 0) is 12.1 Å². The van der Waals surface area contributed by atoms with Crippen LogP contribution in [0.15, 0.2) is 35.3 Å². The van der Waals surface area contributed by atoms with Crippen LogP contribution in [0, 0.1) is 5.82 Å². The van der Waals surface area contributed by atoms with Crippen LogP contribution < -0.4 is 10.9 Å². The molecular formula is C15H18FN7O. The number of aromatic amines is 1. The van der Waals surface area contributed by atoms with Crippen molar-refractivity contribution in [3.05, 3.63) is 52.5 Å². The lowest BCUT2D eigenvalue weighted by molar-refractivity contribution is 0.305. The number of aromatic nitrogens is 6. The molecule has 126 valence electrons. The summed E-state index contributed by atoms with van der Waals surface area (Å²) in [5.74, 6) is 0.0577. The van der Waals surface area contributed by atoms with Crippen LogP contribution in [0.2, 0.25) is 0 Å². The van der Waals surface area contributed by atoms with Gasteiger partial charge in [-0.25, -0.2) is 4.39 Å². The van der Waals surface area contributed by atoms with E-state index in [4.69, 9.17) is 0 Å². The highest BCUT2D eigenvalue weighted by molar-refractivity contribution is 5.49. The zero-order chi connectivity index (χ0) is 17.3. The minimum atomic E-state index is -0.460. The third-order valence-corrected chi connectivity index (χ3v) is 3.32. The number of hydrogen-bond donors (Lipinski definition) is 2. The first-order chi connectivity index (χ1) is 11.3. The number of tetrazole rings is 1. The number of nitrogens with zero attached hydrogens (tertiary/aromatic N) is 5. The number of H-pyrrole nitrogens is 1.